The van der Waals surface area contributed by atoms with Gasteiger partial charge in [-0.15, -0.1) is 6.42 Å². The molecular weight excluding hydrogens is 259 g/mol. The molecule has 0 unspecified atom stereocenters. The van der Waals surface area contributed by atoms with E-state index in [4.69, 9.17) is 11.2 Å². The van der Waals surface area contributed by atoms with Crippen molar-refractivity contribution in [3.63, 3.8) is 0 Å². The molecule has 0 saturated heterocycles. The summed E-state index contributed by atoms with van der Waals surface area (Å²) in [4.78, 5) is 0. The van der Waals surface area contributed by atoms with Gasteiger partial charge in [0.1, 0.15) is 0 Å². The van der Waals surface area contributed by atoms with Crippen molar-refractivity contribution >= 4 is 15.9 Å². The molecule has 0 N–H and O–H groups in total. The topological polar surface area (TPSA) is 9.23 Å². The zero-order chi connectivity index (χ0) is 10.8. The zero-order valence-corrected chi connectivity index (χ0v) is 9.68. The highest BCUT2D eigenvalue weighted by atomic mass is 79.9. The molecule has 1 saturated carbocycles. The van der Waals surface area contributed by atoms with Gasteiger partial charge in [-0.05, 0) is 46.8 Å². The maximum Gasteiger partial charge on any atom is 0.169 e. The lowest BCUT2D eigenvalue weighted by molar-refractivity contribution is 0.283. The highest BCUT2D eigenvalue weighted by Gasteiger charge is 2.23. The molecule has 2 rings (SSSR count). The molecule has 0 heterocycles. The Bertz CT molecular complexity index is 395. The first-order valence-electron chi connectivity index (χ1n) is 4.79. The van der Waals surface area contributed by atoms with Crippen molar-refractivity contribution in [3.05, 3.63) is 28.0 Å². The number of benzene rings is 1. The van der Waals surface area contributed by atoms with E-state index in [1.54, 1.807) is 6.07 Å². The maximum absolute atomic E-state index is 13.5. The molecule has 0 radical (unpaired) electrons. The van der Waals surface area contributed by atoms with Crippen LogP contribution in [0.2, 0.25) is 0 Å². The second-order valence-corrected chi connectivity index (χ2v) is 4.52. The van der Waals surface area contributed by atoms with Crippen LogP contribution in [0.3, 0.4) is 0 Å². The van der Waals surface area contributed by atoms with Crippen LogP contribution >= 0.6 is 15.9 Å². The van der Waals surface area contributed by atoms with Gasteiger partial charge in [-0.25, -0.2) is 4.39 Å². The van der Waals surface area contributed by atoms with Crippen molar-refractivity contribution in [2.24, 2.45) is 5.92 Å². The second kappa shape index (κ2) is 4.24. The normalized spacial score (nSPS) is 14.7. The molecule has 78 valence electrons. The summed E-state index contributed by atoms with van der Waals surface area (Å²) in [6.45, 7) is 0.588. The Morgan fingerprint density at radius 3 is 2.80 bits per heavy atom. The van der Waals surface area contributed by atoms with Crippen LogP contribution in [0.25, 0.3) is 0 Å². The summed E-state index contributed by atoms with van der Waals surface area (Å²) in [6, 6.07) is 3.00. The Labute approximate surface area is 96.8 Å². The third kappa shape index (κ3) is 2.51. The quantitative estimate of drug-likeness (QED) is 0.764. The van der Waals surface area contributed by atoms with Crippen LogP contribution in [0.15, 0.2) is 16.6 Å². The minimum Gasteiger partial charge on any atom is -0.489 e. The van der Waals surface area contributed by atoms with Crippen molar-refractivity contribution < 1.29 is 9.13 Å². The molecule has 1 aliphatic rings. The molecule has 0 bridgehead atoms. The van der Waals surface area contributed by atoms with Gasteiger partial charge >= 0.3 is 0 Å². The van der Waals surface area contributed by atoms with E-state index in [1.807, 2.05) is 0 Å². The van der Waals surface area contributed by atoms with Gasteiger partial charge in [0, 0.05) is 5.56 Å². The van der Waals surface area contributed by atoms with Gasteiger partial charge in [-0.1, -0.05) is 5.92 Å². The minimum atomic E-state index is -0.405. The highest BCUT2D eigenvalue weighted by Crippen LogP contribution is 2.33. The molecule has 1 aromatic rings. The maximum atomic E-state index is 13.5. The lowest BCUT2D eigenvalue weighted by atomic mass is 10.2. The Morgan fingerprint density at radius 2 is 2.27 bits per heavy atom. The van der Waals surface area contributed by atoms with Crippen molar-refractivity contribution in [1.82, 2.24) is 0 Å². The predicted octanol–water partition coefficient (Wildman–Crippen LogP) is 3.36. The van der Waals surface area contributed by atoms with Gasteiger partial charge in [0.05, 0.1) is 11.1 Å². The molecular formula is C12H10BrFO. The first kappa shape index (κ1) is 10.5. The minimum absolute atomic E-state index is 0.265. The molecule has 1 fully saturated rings. The van der Waals surface area contributed by atoms with E-state index in [2.05, 4.69) is 21.9 Å². The number of terminal acetylenes is 1. The first-order valence-corrected chi connectivity index (χ1v) is 5.58. The summed E-state index contributed by atoms with van der Waals surface area (Å²) in [5.74, 6) is 2.85. The fraction of sp³-hybridized carbons (Fsp3) is 0.333. The van der Waals surface area contributed by atoms with E-state index in [1.165, 1.54) is 18.9 Å². The van der Waals surface area contributed by atoms with Crippen molar-refractivity contribution in [2.45, 2.75) is 12.8 Å². The molecule has 1 aliphatic carbocycles. The fourth-order valence-electron chi connectivity index (χ4n) is 1.27. The van der Waals surface area contributed by atoms with Crippen LogP contribution in [0.4, 0.5) is 4.39 Å². The monoisotopic (exact) mass is 268 g/mol. The van der Waals surface area contributed by atoms with Crippen molar-refractivity contribution in [2.75, 3.05) is 6.61 Å². The molecule has 1 aromatic carbocycles. The average Bonchev–Trinajstić information content (AvgIpc) is 3.00. The van der Waals surface area contributed by atoms with Gasteiger partial charge in [-0.3, -0.25) is 0 Å². The van der Waals surface area contributed by atoms with E-state index >= 15 is 0 Å². The van der Waals surface area contributed by atoms with Crippen LogP contribution in [-0.2, 0) is 0 Å². The number of halogens is 2. The molecule has 3 heteroatoms. The van der Waals surface area contributed by atoms with E-state index in [9.17, 15) is 4.39 Å². The SMILES string of the molecule is C#Cc1cc(F)c(OCC2CC2)c(Br)c1. The van der Waals surface area contributed by atoms with Gasteiger partial charge < -0.3 is 4.74 Å². The molecule has 0 aliphatic heterocycles. The van der Waals surface area contributed by atoms with Crippen LogP contribution in [0.1, 0.15) is 18.4 Å². The van der Waals surface area contributed by atoms with E-state index < -0.39 is 5.82 Å². The molecule has 0 atom stereocenters. The smallest absolute Gasteiger partial charge is 0.169 e. The summed E-state index contributed by atoms with van der Waals surface area (Å²) < 4.78 is 19.5. The largest absolute Gasteiger partial charge is 0.489 e. The standard InChI is InChI=1S/C12H10BrFO/c1-2-8-5-10(13)12(11(14)6-8)15-7-9-3-4-9/h1,5-6,9H,3-4,7H2. The molecule has 15 heavy (non-hydrogen) atoms. The summed E-state index contributed by atoms with van der Waals surface area (Å²) >= 11 is 3.25. The second-order valence-electron chi connectivity index (χ2n) is 3.67. The number of rotatable bonds is 3. The van der Waals surface area contributed by atoms with E-state index in [0.29, 0.717) is 22.6 Å². The summed E-state index contributed by atoms with van der Waals surface area (Å²) in [5, 5.41) is 0. The number of hydrogen-bond donors (Lipinski definition) is 0. The van der Waals surface area contributed by atoms with Crippen molar-refractivity contribution in [1.29, 1.82) is 0 Å². The molecule has 1 nitrogen and oxygen atoms in total. The Morgan fingerprint density at radius 1 is 1.53 bits per heavy atom. The first-order chi connectivity index (χ1) is 7.20. The molecule has 0 aromatic heterocycles. The van der Waals surface area contributed by atoms with Gasteiger partial charge in [0.25, 0.3) is 0 Å². The highest BCUT2D eigenvalue weighted by molar-refractivity contribution is 9.10. The van der Waals surface area contributed by atoms with E-state index in [-0.39, 0.29) is 5.75 Å². The van der Waals surface area contributed by atoms with Crippen LogP contribution in [0, 0.1) is 24.1 Å². The Balaban J connectivity index is 2.18. The van der Waals surface area contributed by atoms with Crippen LogP contribution < -0.4 is 4.74 Å². The Hall–Kier alpha value is -1.01. The summed E-state index contributed by atoms with van der Waals surface area (Å²) in [7, 11) is 0. The summed E-state index contributed by atoms with van der Waals surface area (Å²) in [5.41, 5.74) is 0.512. The van der Waals surface area contributed by atoms with Crippen LogP contribution in [0.5, 0.6) is 5.75 Å². The van der Waals surface area contributed by atoms with Gasteiger partial charge in [-0.2, -0.15) is 0 Å². The third-order valence-corrected chi connectivity index (χ3v) is 2.91. The molecule has 0 amide bonds. The summed E-state index contributed by atoms with van der Waals surface area (Å²) in [6.07, 6.45) is 7.56. The third-order valence-electron chi connectivity index (χ3n) is 2.33. The van der Waals surface area contributed by atoms with E-state index in [0.717, 1.165) is 0 Å². The zero-order valence-electron chi connectivity index (χ0n) is 8.09. The Kier molecular flexibility index (Phi) is 2.97. The fourth-order valence-corrected chi connectivity index (χ4v) is 1.82. The predicted molar refractivity (Wildman–Crippen MR) is 60.3 cm³/mol. The van der Waals surface area contributed by atoms with Crippen LogP contribution in [-0.4, -0.2) is 6.61 Å². The lowest BCUT2D eigenvalue weighted by Crippen LogP contribution is -2.01. The number of hydrogen-bond acceptors (Lipinski definition) is 1. The average molecular weight is 269 g/mol. The number of ether oxygens (including phenoxy) is 1. The van der Waals surface area contributed by atoms with Gasteiger partial charge in [0.15, 0.2) is 11.6 Å². The van der Waals surface area contributed by atoms with Gasteiger partial charge in [0.2, 0.25) is 0 Å². The van der Waals surface area contributed by atoms with Crippen molar-refractivity contribution in [3.8, 4) is 18.1 Å². The lowest BCUT2D eigenvalue weighted by Gasteiger charge is -2.08. The molecule has 0 spiro atoms.